The maximum atomic E-state index is 12.5. The van der Waals surface area contributed by atoms with Gasteiger partial charge in [0.25, 0.3) is 5.91 Å². The van der Waals surface area contributed by atoms with Crippen LogP contribution in [-0.2, 0) is 19.1 Å². The maximum absolute atomic E-state index is 12.5. The maximum Gasteiger partial charge on any atom is 0.410 e. The zero-order valence-electron chi connectivity index (χ0n) is 18.7. The van der Waals surface area contributed by atoms with E-state index in [9.17, 15) is 14.4 Å². The molecule has 8 heteroatoms. The number of anilines is 1. The molecule has 2 fully saturated rings. The second-order valence-electron chi connectivity index (χ2n) is 9.08. The van der Waals surface area contributed by atoms with Gasteiger partial charge >= 0.3 is 12.1 Å². The van der Waals surface area contributed by atoms with Gasteiger partial charge in [-0.2, -0.15) is 0 Å². The van der Waals surface area contributed by atoms with E-state index in [4.69, 9.17) is 9.47 Å². The van der Waals surface area contributed by atoms with Crippen molar-refractivity contribution in [2.45, 2.75) is 39.2 Å². The summed E-state index contributed by atoms with van der Waals surface area (Å²) in [5, 5.41) is 0. The van der Waals surface area contributed by atoms with Crippen LogP contribution in [0.5, 0.6) is 0 Å². The fraction of sp³-hybridized carbons (Fsp3) is 0.609. The SMILES string of the molecule is CC(C)(C)OC(=O)N1CCC[C@H](C(=O)OCC(=O)N2CCN(c3ccccc3)CC2)C1. The lowest BCUT2D eigenvalue weighted by molar-refractivity contribution is -0.157. The number of hydrogen-bond acceptors (Lipinski definition) is 6. The van der Waals surface area contributed by atoms with Gasteiger partial charge in [-0.15, -0.1) is 0 Å². The summed E-state index contributed by atoms with van der Waals surface area (Å²) < 4.78 is 10.7. The molecule has 2 amide bonds. The summed E-state index contributed by atoms with van der Waals surface area (Å²) >= 11 is 0. The Balaban J connectivity index is 1.42. The first-order valence-corrected chi connectivity index (χ1v) is 11.0. The highest BCUT2D eigenvalue weighted by Crippen LogP contribution is 2.21. The molecule has 170 valence electrons. The summed E-state index contributed by atoms with van der Waals surface area (Å²) in [7, 11) is 0. The van der Waals surface area contributed by atoms with Crippen LogP contribution in [0, 0.1) is 5.92 Å². The number of esters is 1. The van der Waals surface area contributed by atoms with Gasteiger partial charge < -0.3 is 24.2 Å². The number of rotatable bonds is 4. The van der Waals surface area contributed by atoms with Crippen molar-refractivity contribution in [2.75, 3.05) is 50.8 Å². The number of likely N-dealkylation sites (tertiary alicyclic amines) is 1. The van der Waals surface area contributed by atoms with E-state index in [1.807, 2.05) is 39.0 Å². The minimum Gasteiger partial charge on any atom is -0.455 e. The van der Waals surface area contributed by atoms with Crippen molar-refractivity contribution in [3.05, 3.63) is 30.3 Å². The Morgan fingerprint density at radius 3 is 2.29 bits per heavy atom. The molecule has 1 aromatic carbocycles. The number of benzene rings is 1. The lowest BCUT2D eigenvalue weighted by Gasteiger charge is -2.36. The molecule has 0 saturated carbocycles. The Hall–Kier alpha value is -2.77. The summed E-state index contributed by atoms with van der Waals surface area (Å²) in [6, 6.07) is 10.1. The molecule has 8 nitrogen and oxygen atoms in total. The van der Waals surface area contributed by atoms with Crippen LogP contribution in [0.3, 0.4) is 0 Å². The fourth-order valence-electron chi connectivity index (χ4n) is 3.86. The predicted molar refractivity (Wildman–Crippen MR) is 117 cm³/mol. The van der Waals surface area contributed by atoms with Crippen LogP contribution in [0.4, 0.5) is 10.5 Å². The summed E-state index contributed by atoms with van der Waals surface area (Å²) in [6.45, 7) is 8.69. The molecular formula is C23H33N3O5. The largest absolute Gasteiger partial charge is 0.455 e. The molecule has 0 spiro atoms. The van der Waals surface area contributed by atoms with Crippen LogP contribution in [0.15, 0.2) is 30.3 Å². The van der Waals surface area contributed by atoms with E-state index in [0.29, 0.717) is 32.5 Å². The number of amides is 2. The third kappa shape index (κ3) is 6.60. The van der Waals surface area contributed by atoms with Gasteiger partial charge in [0.2, 0.25) is 0 Å². The highest BCUT2D eigenvalue weighted by Gasteiger charge is 2.32. The van der Waals surface area contributed by atoms with Crippen molar-refractivity contribution in [2.24, 2.45) is 5.92 Å². The predicted octanol–water partition coefficient (Wildman–Crippen LogP) is 2.53. The number of carbonyl (C=O) groups excluding carboxylic acids is 3. The van der Waals surface area contributed by atoms with Crippen molar-refractivity contribution >= 4 is 23.7 Å². The first kappa shape index (κ1) is 22.9. The topological polar surface area (TPSA) is 79.4 Å². The van der Waals surface area contributed by atoms with Crippen LogP contribution in [0.1, 0.15) is 33.6 Å². The lowest BCUT2D eigenvalue weighted by Crippen LogP contribution is -2.50. The van der Waals surface area contributed by atoms with Gasteiger partial charge in [0.15, 0.2) is 6.61 Å². The molecule has 1 atom stereocenters. The van der Waals surface area contributed by atoms with Gasteiger partial charge in [-0.25, -0.2) is 4.79 Å². The third-order valence-corrected chi connectivity index (χ3v) is 5.50. The summed E-state index contributed by atoms with van der Waals surface area (Å²) in [4.78, 5) is 42.8. The second-order valence-corrected chi connectivity index (χ2v) is 9.08. The van der Waals surface area contributed by atoms with Crippen LogP contribution >= 0.6 is 0 Å². The van der Waals surface area contributed by atoms with Gasteiger partial charge in [-0.3, -0.25) is 9.59 Å². The number of para-hydroxylation sites is 1. The molecule has 0 aromatic heterocycles. The Labute approximate surface area is 184 Å². The van der Waals surface area contributed by atoms with E-state index in [2.05, 4.69) is 17.0 Å². The number of ether oxygens (including phenoxy) is 2. The zero-order chi connectivity index (χ0) is 22.4. The molecule has 2 aliphatic rings. The molecule has 1 aromatic rings. The first-order valence-electron chi connectivity index (χ1n) is 11.0. The Morgan fingerprint density at radius 1 is 0.968 bits per heavy atom. The Kier molecular flexibility index (Phi) is 7.41. The van der Waals surface area contributed by atoms with Gasteiger partial charge in [0, 0.05) is 45.0 Å². The number of piperidine rings is 1. The van der Waals surface area contributed by atoms with Crippen LogP contribution in [0.25, 0.3) is 0 Å². The molecule has 2 heterocycles. The molecule has 3 rings (SSSR count). The summed E-state index contributed by atoms with van der Waals surface area (Å²) in [6.07, 6.45) is 0.925. The molecule has 31 heavy (non-hydrogen) atoms. The van der Waals surface area contributed by atoms with E-state index >= 15 is 0 Å². The van der Waals surface area contributed by atoms with Gasteiger partial charge in [0.05, 0.1) is 5.92 Å². The van der Waals surface area contributed by atoms with Crippen LogP contribution < -0.4 is 4.90 Å². The Morgan fingerprint density at radius 2 is 1.65 bits per heavy atom. The molecule has 2 saturated heterocycles. The molecule has 0 aliphatic carbocycles. The number of hydrogen-bond donors (Lipinski definition) is 0. The standard InChI is InChI=1S/C23H33N3O5/c1-23(2,3)31-22(29)26-11-7-8-18(16-26)21(28)30-17-20(27)25-14-12-24(13-15-25)19-9-5-4-6-10-19/h4-6,9-10,18H,7-8,11-17H2,1-3H3/t18-/m0/s1. The normalized spacial score (nSPS) is 19.7. The van der Waals surface area contributed by atoms with Crippen molar-refractivity contribution in [3.8, 4) is 0 Å². The van der Waals surface area contributed by atoms with E-state index in [1.54, 1.807) is 9.80 Å². The third-order valence-electron chi connectivity index (χ3n) is 5.50. The van der Waals surface area contributed by atoms with Crippen molar-refractivity contribution < 1.29 is 23.9 Å². The molecule has 0 radical (unpaired) electrons. The molecule has 0 unspecified atom stereocenters. The van der Waals surface area contributed by atoms with Gasteiger partial charge in [0.1, 0.15) is 5.60 Å². The molecule has 2 aliphatic heterocycles. The van der Waals surface area contributed by atoms with Crippen molar-refractivity contribution in [3.63, 3.8) is 0 Å². The Bertz CT molecular complexity index is 769. The molecular weight excluding hydrogens is 398 g/mol. The monoisotopic (exact) mass is 431 g/mol. The van der Waals surface area contributed by atoms with Crippen molar-refractivity contribution in [1.29, 1.82) is 0 Å². The van der Waals surface area contributed by atoms with Gasteiger partial charge in [-0.1, -0.05) is 18.2 Å². The minimum absolute atomic E-state index is 0.180. The second kappa shape index (κ2) is 10.0. The smallest absolute Gasteiger partial charge is 0.410 e. The summed E-state index contributed by atoms with van der Waals surface area (Å²) in [5.41, 5.74) is 0.564. The highest BCUT2D eigenvalue weighted by atomic mass is 16.6. The van der Waals surface area contributed by atoms with Crippen LogP contribution in [0.2, 0.25) is 0 Å². The summed E-state index contributed by atoms with van der Waals surface area (Å²) in [5.74, 6) is -1.03. The van der Waals surface area contributed by atoms with E-state index in [1.165, 1.54) is 0 Å². The van der Waals surface area contributed by atoms with Gasteiger partial charge in [-0.05, 0) is 45.7 Å². The number of nitrogens with zero attached hydrogens (tertiary/aromatic N) is 3. The first-order chi connectivity index (χ1) is 14.7. The minimum atomic E-state index is -0.582. The zero-order valence-corrected chi connectivity index (χ0v) is 18.7. The number of carbonyl (C=O) groups is 3. The fourth-order valence-corrected chi connectivity index (χ4v) is 3.86. The van der Waals surface area contributed by atoms with E-state index in [0.717, 1.165) is 18.8 Å². The molecule has 0 N–H and O–H groups in total. The average Bonchev–Trinajstić information content (AvgIpc) is 2.77. The quantitative estimate of drug-likeness (QED) is 0.682. The highest BCUT2D eigenvalue weighted by molar-refractivity contribution is 5.82. The van der Waals surface area contributed by atoms with Crippen LogP contribution in [-0.4, -0.2) is 79.2 Å². The molecule has 0 bridgehead atoms. The van der Waals surface area contributed by atoms with E-state index < -0.39 is 23.6 Å². The van der Waals surface area contributed by atoms with E-state index in [-0.39, 0.29) is 19.1 Å². The average molecular weight is 432 g/mol. The lowest BCUT2D eigenvalue weighted by atomic mass is 9.98. The van der Waals surface area contributed by atoms with Crippen molar-refractivity contribution in [1.82, 2.24) is 9.80 Å². The number of piperazine rings is 1.